The van der Waals surface area contributed by atoms with Gasteiger partial charge in [0.05, 0.1) is 5.56 Å². The molecule has 1 unspecified atom stereocenters. The van der Waals surface area contributed by atoms with Crippen LogP contribution in [0.1, 0.15) is 38.8 Å². The van der Waals surface area contributed by atoms with Crippen molar-refractivity contribution in [1.29, 1.82) is 0 Å². The Labute approximate surface area is 225 Å². The van der Waals surface area contributed by atoms with Gasteiger partial charge in [-0.25, -0.2) is 0 Å². The van der Waals surface area contributed by atoms with Crippen molar-refractivity contribution in [1.82, 2.24) is 15.5 Å². The van der Waals surface area contributed by atoms with E-state index in [1.54, 1.807) is 42.5 Å². The number of carbonyl (C=O) groups excluding carboxylic acids is 1. The molecule has 0 fully saturated rings. The Morgan fingerprint density at radius 3 is 2.14 bits per heavy atom. The molecule has 0 spiro atoms. The third-order valence-corrected chi connectivity index (χ3v) is 6.08. The Morgan fingerprint density at radius 1 is 0.865 bits per heavy atom. The molecule has 1 N–H and O–H groups in total. The number of alkyl halides is 3. The quantitative estimate of drug-likeness (QED) is 0.251. The van der Waals surface area contributed by atoms with Crippen LogP contribution >= 0.6 is 34.8 Å². The highest BCUT2D eigenvalue weighted by Crippen LogP contribution is 2.34. The van der Waals surface area contributed by atoms with Crippen LogP contribution in [0.3, 0.4) is 0 Å². The minimum atomic E-state index is -4.42. The number of nitrogens with one attached hydrogen (secondary N) is 1. The molecule has 11 heteroatoms. The maximum atomic E-state index is 12.7. The first kappa shape index (κ1) is 26.7. The molecule has 0 radical (unpaired) electrons. The lowest BCUT2D eigenvalue weighted by Gasteiger charge is -2.20. The van der Waals surface area contributed by atoms with Crippen LogP contribution in [0.4, 0.5) is 13.2 Å². The predicted molar refractivity (Wildman–Crippen MR) is 135 cm³/mol. The second-order valence-corrected chi connectivity index (χ2v) is 9.13. The van der Waals surface area contributed by atoms with Gasteiger partial charge in [-0.05, 0) is 53.6 Å². The number of carbonyl (C=O) groups is 1. The molecule has 4 rings (SSSR count). The Bertz CT molecular complexity index is 1380. The smallest absolute Gasteiger partial charge is 0.416 e. The van der Waals surface area contributed by atoms with E-state index in [-0.39, 0.29) is 18.1 Å². The van der Waals surface area contributed by atoms with Crippen molar-refractivity contribution in [2.75, 3.05) is 0 Å². The van der Waals surface area contributed by atoms with Crippen molar-refractivity contribution < 1.29 is 22.7 Å². The van der Waals surface area contributed by atoms with Crippen molar-refractivity contribution in [2.45, 2.75) is 18.8 Å². The van der Waals surface area contributed by atoms with E-state index in [2.05, 4.69) is 15.5 Å². The number of ether oxygens (including phenoxy) is 1. The summed E-state index contributed by atoms with van der Waals surface area (Å²) < 4.78 is 44.2. The molecule has 0 aliphatic rings. The minimum Gasteiger partial charge on any atom is -0.463 e. The lowest BCUT2D eigenvalue weighted by molar-refractivity contribution is -0.137. The Balaban J connectivity index is 1.46. The maximum absolute atomic E-state index is 12.7. The van der Waals surface area contributed by atoms with Crippen LogP contribution in [0.2, 0.25) is 15.1 Å². The summed E-state index contributed by atoms with van der Waals surface area (Å²) in [7, 11) is 0. The zero-order chi connectivity index (χ0) is 26.6. The first-order chi connectivity index (χ1) is 17.6. The van der Waals surface area contributed by atoms with Gasteiger partial charge in [0.2, 0.25) is 5.88 Å². The molecule has 3 aromatic carbocycles. The van der Waals surface area contributed by atoms with Crippen molar-refractivity contribution >= 4 is 40.7 Å². The fourth-order valence-electron chi connectivity index (χ4n) is 3.37. The Morgan fingerprint density at radius 2 is 1.54 bits per heavy atom. The first-order valence-corrected chi connectivity index (χ1v) is 11.9. The number of halogens is 6. The van der Waals surface area contributed by atoms with E-state index in [1.165, 1.54) is 24.3 Å². The fraction of sp³-hybridized carbons (Fsp3) is 0.115. The predicted octanol–water partition coefficient (Wildman–Crippen LogP) is 7.55. The van der Waals surface area contributed by atoms with Crippen LogP contribution < -0.4 is 10.1 Å². The average molecular weight is 567 g/mol. The van der Waals surface area contributed by atoms with E-state index in [1.807, 2.05) is 0 Å². The largest absolute Gasteiger partial charge is 0.463 e. The topological polar surface area (TPSA) is 64.1 Å². The van der Waals surface area contributed by atoms with Crippen LogP contribution in [0.25, 0.3) is 0 Å². The van der Waals surface area contributed by atoms with E-state index in [0.29, 0.717) is 26.2 Å². The summed E-state index contributed by atoms with van der Waals surface area (Å²) in [6.45, 7) is 0.0185. The van der Waals surface area contributed by atoms with Gasteiger partial charge in [0, 0.05) is 33.2 Å². The normalized spacial score (nSPS) is 12.2. The SMILES string of the molecule is O=C(NCc1ccc(C(F)(F)F)cc1)c1ccc(OC(c2ccc(Cl)cc2)c2ccc(Cl)cc2Cl)nn1. The number of benzene rings is 3. The van der Waals surface area contributed by atoms with Gasteiger partial charge in [-0.1, -0.05) is 65.1 Å². The van der Waals surface area contributed by atoms with Gasteiger partial charge >= 0.3 is 6.18 Å². The minimum absolute atomic E-state index is 0.00632. The molecular formula is C26H17Cl3F3N3O2. The van der Waals surface area contributed by atoms with Gasteiger partial charge in [-0.2, -0.15) is 13.2 Å². The van der Waals surface area contributed by atoms with Gasteiger partial charge in [0.1, 0.15) is 0 Å². The second-order valence-electron chi connectivity index (χ2n) is 7.85. The third kappa shape index (κ3) is 6.91. The summed E-state index contributed by atoms with van der Waals surface area (Å²) in [6, 6.07) is 19.4. The van der Waals surface area contributed by atoms with E-state index < -0.39 is 23.8 Å². The summed E-state index contributed by atoms with van der Waals surface area (Å²) in [5, 5.41) is 11.9. The molecule has 190 valence electrons. The molecule has 37 heavy (non-hydrogen) atoms. The molecule has 0 saturated carbocycles. The highest BCUT2D eigenvalue weighted by Gasteiger charge is 2.30. The third-order valence-electron chi connectivity index (χ3n) is 5.26. The number of nitrogens with zero attached hydrogens (tertiary/aromatic N) is 2. The van der Waals surface area contributed by atoms with Crippen LogP contribution in [-0.2, 0) is 12.7 Å². The van der Waals surface area contributed by atoms with E-state index in [9.17, 15) is 18.0 Å². The summed E-state index contributed by atoms with van der Waals surface area (Å²) >= 11 is 18.5. The number of hydrogen-bond donors (Lipinski definition) is 1. The molecule has 0 aliphatic heterocycles. The van der Waals surface area contributed by atoms with Crippen molar-refractivity contribution in [3.05, 3.63) is 122 Å². The Kier molecular flexibility index (Phi) is 8.22. The highest BCUT2D eigenvalue weighted by atomic mass is 35.5. The summed E-state index contributed by atoms with van der Waals surface area (Å²) in [5.41, 5.74) is 1.12. The maximum Gasteiger partial charge on any atom is 0.416 e. The van der Waals surface area contributed by atoms with Crippen LogP contribution in [0.5, 0.6) is 5.88 Å². The van der Waals surface area contributed by atoms with Gasteiger partial charge in [-0.3, -0.25) is 4.79 Å². The number of aromatic nitrogens is 2. The molecule has 0 bridgehead atoms. The van der Waals surface area contributed by atoms with E-state index in [4.69, 9.17) is 39.5 Å². The lowest BCUT2D eigenvalue weighted by Crippen LogP contribution is -2.24. The van der Waals surface area contributed by atoms with E-state index in [0.717, 1.165) is 17.7 Å². The van der Waals surface area contributed by atoms with Gasteiger partial charge < -0.3 is 10.1 Å². The number of amides is 1. The molecule has 5 nitrogen and oxygen atoms in total. The highest BCUT2D eigenvalue weighted by molar-refractivity contribution is 6.35. The molecule has 1 amide bonds. The first-order valence-electron chi connectivity index (χ1n) is 10.8. The molecule has 0 saturated heterocycles. The summed E-state index contributed by atoms with van der Waals surface area (Å²) in [6.07, 6.45) is -5.09. The van der Waals surface area contributed by atoms with Crippen molar-refractivity contribution in [3.8, 4) is 5.88 Å². The Hall–Kier alpha value is -3.33. The molecule has 1 aromatic heterocycles. The van der Waals surface area contributed by atoms with Gasteiger partial charge in [0.25, 0.3) is 5.91 Å². The fourth-order valence-corrected chi connectivity index (χ4v) is 4.01. The zero-order valence-corrected chi connectivity index (χ0v) is 21.0. The van der Waals surface area contributed by atoms with Crippen LogP contribution in [-0.4, -0.2) is 16.1 Å². The van der Waals surface area contributed by atoms with Crippen molar-refractivity contribution in [3.63, 3.8) is 0 Å². The number of hydrogen-bond acceptors (Lipinski definition) is 4. The summed E-state index contributed by atoms with van der Waals surface area (Å²) in [5.74, 6) is -0.417. The lowest BCUT2D eigenvalue weighted by atomic mass is 10.0. The van der Waals surface area contributed by atoms with Crippen LogP contribution in [0.15, 0.2) is 78.9 Å². The van der Waals surface area contributed by atoms with Crippen LogP contribution in [0, 0.1) is 0 Å². The standard InChI is InChI=1S/C26H17Cl3F3N3O2/c27-18-7-3-16(4-8-18)24(20-10-9-19(28)13-21(20)29)37-23-12-11-22(34-35-23)25(36)33-14-15-1-5-17(6-2-15)26(30,31)32/h1-13,24H,14H2,(H,33,36). The molecule has 1 heterocycles. The monoisotopic (exact) mass is 565 g/mol. The van der Waals surface area contributed by atoms with Gasteiger partial charge in [0.15, 0.2) is 11.8 Å². The molecule has 1 atom stereocenters. The molecular weight excluding hydrogens is 550 g/mol. The second kappa shape index (κ2) is 11.4. The van der Waals surface area contributed by atoms with Crippen molar-refractivity contribution in [2.24, 2.45) is 0 Å². The van der Waals surface area contributed by atoms with E-state index >= 15 is 0 Å². The summed E-state index contributed by atoms with van der Waals surface area (Å²) in [4.78, 5) is 12.5. The molecule has 0 aliphatic carbocycles. The molecule has 4 aromatic rings. The average Bonchev–Trinajstić information content (AvgIpc) is 2.87. The zero-order valence-electron chi connectivity index (χ0n) is 18.8. The number of rotatable bonds is 7. The van der Waals surface area contributed by atoms with Gasteiger partial charge in [-0.15, -0.1) is 10.2 Å².